The summed E-state index contributed by atoms with van der Waals surface area (Å²) in [6, 6.07) is 12.6. The Hall–Kier alpha value is -2.14. The van der Waals surface area contributed by atoms with Crippen LogP contribution in [0.25, 0.3) is 0 Å². The molecule has 5 nitrogen and oxygen atoms in total. The zero-order chi connectivity index (χ0) is 16.1. The van der Waals surface area contributed by atoms with Crippen molar-refractivity contribution < 1.29 is 4.79 Å². The number of carbonyl (C=O) groups excluding carboxylic acids is 1. The van der Waals surface area contributed by atoms with E-state index in [0.717, 1.165) is 25.9 Å². The molecule has 0 unspecified atom stereocenters. The van der Waals surface area contributed by atoms with Crippen molar-refractivity contribution in [1.29, 1.82) is 0 Å². The van der Waals surface area contributed by atoms with Crippen LogP contribution in [0.15, 0.2) is 48.8 Å². The van der Waals surface area contributed by atoms with E-state index in [0.29, 0.717) is 6.54 Å². The summed E-state index contributed by atoms with van der Waals surface area (Å²) < 4.78 is 1.87. The number of aromatic nitrogens is 2. The van der Waals surface area contributed by atoms with Gasteiger partial charge in [-0.2, -0.15) is 5.10 Å². The van der Waals surface area contributed by atoms with Gasteiger partial charge < -0.3 is 10.6 Å². The molecule has 1 saturated carbocycles. The molecular formula is C18H24N4O. The van der Waals surface area contributed by atoms with Crippen LogP contribution in [0, 0.1) is 0 Å². The van der Waals surface area contributed by atoms with Gasteiger partial charge in [0.25, 0.3) is 0 Å². The lowest BCUT2D eigenvalue weighted by atomic mass is 9.96. The number of rotatable bonds is 8. The van der Waals surface area contributed by atoms with E-state index in [1.165, 1.54) is 5.56 Å². The molecule has 0 spiro atoms. The quantitative estimate of drug-likeness (QED) is 0.780. The highest BCUT2D eigenvalue weighted by molar-refractivity contribution is 5.78. The monoisotopic (exact) mass is 312 g/mol. The Morgan fingerprint density at radius 2 is 2.09 bits per heavy atom. The minimum Gasteiger partial charge on any atom is -0.354 e. The fourth-order valence-electron chi connectivity index (χ4n) is 2.86. The van der Waals surface area contributed by atoms with Crippen molar-refractivity contribution in [1.82, 2.24) is 20.4 Å². The molecule has 3 rings (SSSR count). The fourth-order valence-corrected chi connectivity index (χ4v) is 2.86. The predicted octanol–water partition coefficient (Wildman–Crippen LogP) is 1.71. The molecule has 0 radical (unpaired) electrons. The van der Waals surface area contributed by atoms with Gasteiger partial charge >= 0.3 is 0 Å². The van der Waals surface area contributed by atoms with Crippen molar-refractivity contribution in [3.8, 4) is 0 Å². The summed E-state index contributed by atoms with van der Waals surface area (Å²) in [4.78, 5) is 12.1. The SMILES string of the molecule is C[C@H](Cn1cccn1)NCC(=O)NCC1(c2ccccc2)CC1. The second kappa shape index (κ2) is 6.96. The molecule has 0 bridgehead atoms. The highest BCUT2D eigenvalue weighted by atomic mass is 16.1. The maximum Gasteiger partial charge on any atom is 0.233 e. The molecule has 0 saturated heterocycles. The van der Waals surface area contributed by atoms with Crippen LogP contribution in [-0.4, -0.2) is 34.8 Å². The van der Waals surface area contributed by atoms with Gasteiger partial charge in [-0.3, -0.25) is 9.48 Å². The normalized spacial score (nSPS) is 16.7. The molecule has 1 fully saturated rings. The van der Waals surface area contributed by atoms with E-state index >= 15 is 0 Å². The zero-order valence-electron chi connectivity index (χ0n) is 13.5. The van der Waals surface area contributed by atoms with Gasteiger partial charge in [-0.25, -0.2) is 0 Å². The average molecular weight is 312 g/mol. The maximum atomic E-state index is 12.1. The molecule has 5 heteroatoms. The number of hydrogen-bond acceptors (Lipinski definition) is 3. The van der Waals surface area contributed by atoms with Crippen LogP contribution in [0.3, 0.4) is 0 Å². The molecule has 1 atom stereocenters. The van der Waals surface area contributed by atoms with Crippen LogP contribution in [0.5, 0.6) is 0 Å². The van der Waals surface area contributed by atoms with E-state index in [1.807, 2.05) is 23.0 Å². The molecule has 1 aliphatic rings. The van der Waals surface area contributed by atoms with Gasteiger partial charge in [-0.15, -0.1) is 0 Å². The van der Waals surface area contributed by atoms with E-state index in [2.05, 4.69) is 46.9 Å². The molecule has 1 aromatic heterocycles. The van der Waals surface area contributed by atoms with Crippen LogP contribution in [0.1, 0.15) is 25.3 Å². The lowest BCUT2D eigenvalue weighted by Gasteiger charge is -2.18. The fraction of sp³-hybridized carbons (Fsp3) is 0.444. The molecule has 1 aliphatic carbocycles. The van der Waals surface area contributed by atoms with Crippen LogP contribution >= 0.6 is 0 Å². The molecule has 2 aromatic rings. The number of nitrogens with one attached hydrogen (secondary N) is 2. The van der Waals surface area contributed by atoms with E-state index in [4.69, 9.17) is 0 Å². The number of amides is 1. The van der Waals surface area contributed by atoms with E-state index in [9.17, 15) is 4.79 Å². The van der Waals surface area contributed by atoms with Gasteiger partial charge in [0.1, 0.15) is 0 Å². The third-order valence-electron chi connectivity index (χ3n) is 4.49. The third kappa shape index (κ3) is 4.20. The first-order valence-corrected chi connectivity index (χ1v) is 8.21. The zero-order valence-corrected chi connectivity index (χ0v) is 13.5. The first-order chi connectivity index (χ1) is 11.2. The molecule has 122 valence electrons. The Morgan fingerprint density at radius 3 is 2.74 bits per heavy atom. The number of benzene rings is 1. The van der Waals surface area contributed by atoms with Gasteiger partial charge in [-0.05, 0) is 31.4 Å². The highest BCUT2D eigenvalue weighted by Crippen LogP contribution is 2.47. The standard InChI is InChI=1S/C18H24N4O/c1-15(13-22-11-5-10-21-22)19-12-17(23)20-14-18(8-9-18)16-6-3-2-4-7-16/h2-7,10-11,15,19H,8-9,12-14H2,1H3,(H,20,23)/t15-/m1/s1. The summed E-state index contributed by atoms with van der Waals surface area (Å²) in [6.07, 6.45) is 5.99. The van der Waals surface area contributed by atoms with Gasteiger partial charge in [0.2, 0.25) is 5.91 Å². The summed E-state index contributed by atoms with van der Waals surface area (Å²) >= 11 is 0. The summed E-state index contributed by atoms with van der Waals surface area (Å²) in [6.45, 7) is 3.88. The third-order valence-corrected chi connectivity index (χ3v) is 4.49. The number of carbonyl (C=O) groups is 1. The first-order valence-electron chi connectivity index (χ1n) is 8.21. The Morgan fingerprint density at radius 1 is 1.30 bits per heavy atom. The summed E-state index contributed by atoms with van der Waals surface area (Å²) in [5, 5.41) is 10.5. The molecule has 1 heterocycles. The minimum absolute atomic E-state index is 0.0551. The van der Waals surface area contributed by atoms with Crippen LogP contribution in [0.2, 0.25) is 0 Å². The maximum absolute atomic E-state index is 12.1. The van der Waals surface area contributed by atoms with Crippen molar-refractivity contribution in [2.75, 3.05) is 13.1 Å². The molecular weight excluding hydrogens is 288 g/mol. The minimum atomic E-state index is 0.0551. The smallest absolute Gasteiger partial charge is 0.233 e. The van der Waals surface area contributed by atoms with Crippen molar-refractivity contribution in [2.24, 2.45) is 0 Å². The summed E-state index contributed by atoms with van der Waals surface area (Å²) in [7, 11) is 0. The topological polar surface area (TPSA) is 59.0 Å². The number of hydrogen-bond donors (Lipinski definition) is 2. The Kier molecular flexibility index (Phi) is 4.76. The average Bonchev–Trinajstić information content (AvgIpc) is 3.21. The predicted molar refractivity (Wildman–Crippen MR) is 90.1 cm³/mol. The van der Waals surface area contributed by atoms with Gasteiger partial charge in [-0.1, -0.05) is 30.3 Å². The van der Waals surface area contributed by atoms with E-state index in [1.54, 1.807) is 6.20 Å². The van der Waals surface area contributed by atoms with Crippen molar-refractivity contribution in [2.45, 2.75) is 37.8 Å². The van der Waals surface area contributed by atoms with Crippen LogP contribution in [-0.2, 0) is 16.8 Å². The molecule has 2 N–H and O–H groups in total. The Bertz CT molecular complexity index is 620. The van der Waals surface area contributed by atoms with Gasteiger partial charge in [0, 0.05) is 30.4 Å². The molecule has 1 aromatic carbocycles. The first kappa shape index (κ1) is 15.7. The molecule has 1 amide bonds. The Balaban J connectivity index is 1.40. The van der Waals surface area contributed by atoms with Gasteiger partial charge in [0.15, 0.2) is 0 Å². The second-order valence-electron chi connectivity index (χ2n) is 6.43. The van der Waals surface area contributed by atoms with Crippen LogP contribution < -0.4 is 10.6 Å². The van der Waals surface area contributed by atoms with Crippen molar-refractivity contribution in [3.63, 3.8) is 0 Å². The Labute approximate surface area is 137 Å². The summed E-state index contributed by atoms with van der Waals surface area (Å²) in [5.74, 6) is 0.0551. The lowest BCUT2D eigenvalue weighted by Crippen LogP contribution is -2.42. The molecule has 0 aliphatic heterocycles. The lowest BCUT2D eigenvalue weighted by molar-refractivity contribution is -0.120. The van der Waals surface area contributed by atoms with Crippen molar-refractivity contribution in [3.05, 3.63) is 54.4 Å². The largest absolute Gasteiger partial charge is 0.354 e. The highest BCUT2D eigenvalue weighted by Gasteiger charge is 2.44. The van der Waals surface area contributed by atoms with E-state index in [-0.39, 0.29) is 17.4 Å². The number of nitrogens with zero attached hydrogens (tertiary/aromatic N) is 2. The van der Waals surface area contributed by atoms with Crippen molar-refractivity contribution >= 4 is 5.91 Å². The summed E-state index contributed by atoms with van der Waals surface area (Å²) in [5.41, 5.74) is 1.50. The van der Waals surface area contributed by atoms with E-state index < -0.39 is 0 Å². The van der Waals surface area contributed by atoms with Gasteiger partial charge in [0.05, 0.1) is 13.1 Å². The second-order valence-corrected chi connectivity index (χ2v) is 6.43. The van der Waals surface area contributed by atoms with Crippen LogP contribution in [0.4, 0.5) is 0 Å². The molecule has 23 heavy (non-hydrogen) atoms.